The maximum absolute atomic E-state index is 13.2. The van der Waals surface area contributed by atoms with Crippen LogP contribution in [0.4, 0.5) is 15.8 Å². The van der Waals surface area contributed by atoms with E-state index in [-0.39, 0.29) is 11.6 Å². The van der Waals surface area contributed by atoms with Gasteiger partial charge < -0.3 is 10.6 Å². The van der Waals surface area contributed by atoms with Gasteiger partial charge >= 0.3 is 0 Å². The number of anilines is 2. The molecule has 0 aliphatic heterocycles. The second kappa shape index (κ2) is 5.09. The van der Waals surface area contributed by atoms with E-state index in [0.29, 0.717) is 23.6 Å². The molecule has 1 aromatic carbocycles. The summed E-state index contributed by atoms with van der Waals surface area (Å²) in [5, 5.41) is 6.56. The molecule has 0 saturated heterocycles. The molecular weight excluding hydrogens is 247 g/mol. The van der Waals surface area contributed by atoms with Crippen LogP contribution >= 0.6 is 0 Å². The van der Waals surface area contributed by atoms with Crippen LogP contribution in [-0.2, 0) is 0 Å². The highest BCUT2D eigenvalue weighted by molar-refractivity contribution is 6.08. The number of nitrogens with zero attached hydrogens (tertiary/aromatic N) is 2. The molecule has 3 N–H and O–H groups in total. The number of carbonyl (C=O) groups is 1. The second-order valence-corrected chi connectivity index (χ2v) is 4.14. The number of halogens is 1. The van der Waals surface area contributed by atoms with Crippen molar-refractivity contribution in [1.82, 2.24) is 10.2 Å². The molecule has 0 fully saturated rings. The Balaban J connectivity index is 2.37. The van der Waals surface area contributed by atoms with E-state index in [2.05, 4.69) is 10.2 Å². The monoisotopic (exact) mass is 262 g/mol. The number of benzene rings is 1. The fourth-order valence-electron chi connectivity index (χ4n) is 1.82. The first-order valence-electron chi connectivity index (χ1n) is 5.92. The number of hydrogen-bond donors (Lipinski definition) is 2. The van der Waals surface area contributed by atoms with Gasteiger partial charge in [-0.2, -0.15) is 5.10 Å². The predicted octanol–water partition coefficient (Wildman–Crippen LogP) is 2.11. The van der Waals surface area contributed by atoms with Crippen LogP contribution in [-0.4, -0.2) is 22.6 Å². The minimum atomic E-state index is -0.394. The lowest BCUT2D eigenvalue weighted by Gasteiger charge is -2.20. The number of hydrogen-bond acceptors (Lipinski definition) is 3. The van der Waals surface area contributed by atoms with Crippen LogP contribution in [0.3, 0.4) is 0 Å². The lowest BCUT2D eigenvalue weighted by molar-refractivity contribution is 0.0984. The molecule has 6 heteroatoms. The Morgan fingerprint density at radius 3 is 2.79 bits per heavy atom. The molecule has 1 aromatic heterocycles. The van der Waals surface area contributed by atoms with Crippen LogP contribution in [0.5, 0.6) is 0 Å². The third-order valence-electron chi connectivity index (χ3n) is 2.88. The number of amides is 1. The standard InChI is InChI=1S/C13H15FN4O/c1-3-18(10-6-4-5-9(14)7-10)13(19)12-11(15)8(2)16-17-12/h4-7H,3,15H2,1-2H3,(H,16,17). The van der Waals surface area contributed by atoms with E-state index in [1.807, 2.05) is 0 Å². The Morgan fingerprint density at radius 1 is 1.53 bits per heavy atom. The summed E-state index contributed by atoms with van der Waals surface area (Å²) in [7, 11) is 0. The maximum atomic E-state index is 13.2. The largest absolute Gasteiger partial charge is 0.395 e. The normalized spacial score (nSPS) is 10.5. The first-order chi connectivity index (χ1) is 9.04. The highest BCUT2D eigenvalue weighted by Crippen LogP contribution is 2.21. The third-order valence-corrected chi connectivity index (χ3v) is 2.88. The molecule has 5 nitrogen and oxygen atoms in total. The highest BCUT2D eigenvalue weighted by Gasteiger charge is 2.22. The average Bonchev–Trinajstić information content (AvgIpc) is 2.71. The summed E-state index contributed by atoms with van der Waals surface area (Å²) >= 11 is 0. The lowest BCUT2D eigenvalue weighted by Crippen LogP contribution is -2.31. The Hall–Kier alpha value is -2.37. The number of rotatable bonds is 3. The zero-order chi connectivity index (χ0) is 14.0. The number of aromatic nitrogens is 2. The number of nitrogen functional groups attached to an aromatic ring is 1. The van der Waals surface area contributed by atoms with Crippen LogP contribution in [0.25, 0.3) is 0 Å². The molecule has 0 spiro atoms. The molecule has 0 bridgehead atoms. The van der Waals surface area contributed by atoms with Gasteiger partial charge in [0.15, 0.2) is 5.69 Å². The van der Waals surface area contributed by atoms with Crippen molar-refractivity contribution in [2.75, 3.05) is 17.2 Å². The van der Waals surface area contributed by atoms with Gasteiger partial charge in [0.25, 0.3) is 5.91 Å². The van der Waals surface area contributed by atoms with Crippen LogP contribution in [0.2, 0.25) is 0 Å². The van der Waals surface area contributed by atoms with E-state index in [0.717, 1.165) is 0 Å². The molecule has 0 aliphatic rings. The molecule has 2 aromatic rings. The minimum absolute atomic E-state index is 0.156. The molecule has 100 valence electrons. The van der Waals surface area contributed by atoms with E-state index in [9.17, 15) is 9.18 Å². The van der Waals surface area contributed by atoms with Crippen molar-refractivity contribution in [2.45, 2.75) is 13.8 Å². The topological polar surface area (TPSA) is 75.0 Å². The Labute approximate surface area is 110 Å². The molecule has 0 unspecified atom stereocenters. The Bertz CT molecular complexity index is 608. The quantitative estimate of drug-likeness (QED) is 0.889. The summed E-state index contributed by atoms with van der Waals surface area (Å²) in [6, 6.07) is 5.85. The van der Waals surface area contributed by atoms with Gasteiger partial charge in [-0.1, -0.05) is 6.07 Å². The summed E-state index contributed by atoms with van der Waals surface area (Å²) in [5.74, 6) is -0.745. The van der Waals surface area contributed by atoms with E-state index < -0.39 is 5.82 Å². The van der Waals surface area contributed by atoms with E-state index in [1.54, 1.807) is 26.0 Å². The smallest absolute Gasteiger partial charge is 0.280 e. The van der Waals surface area contributed by atoms with Gasteiger partial charge in [0, 0.05) is 12.2 Å². The van der Waals surface area contributed by atoms with Crippen molar-refractivity contribution >= 4 is 17.3 Å². The van der Waals surface area contributed by atoms with E-state index >= 15 is 0 Å². The average molecular weight is 262 g/mol. The molecule has 1 heterocycles. The molecular formula is C13H15FN4O. The van der Waals surface area contributed by atoms with Crippen LogP contribution in [0.15, 0.2) is 24.3 Å². The van der Waals surface area contributed by atoms with Crippen LogP contribution in [0, 0.1) is 12.7 Å². The van der Waals surface area contributed by atoms with E-state index in [4.69, 9.17) is 5.73 Å². The first-order valence-corrected chi connectivity index (χ1v) is 5.92. The van der Waals surface area contributed by atoms with Gasteiger partial charge in [0.2, 0.25) is 0 Å². The number of aryl methyl sites for hydroxylation is 1. The molecule has 0 radical (unpaired) electrons. The molecule has 0 atom stereocenters. The lowest BCUT2D eigenvalue weighted by atomic mass is 10.2. The van der Waals surface area contributed by atoms with Crippen molar-refractivity contribution in [3.63, 3.8) is 0 Å². The van der Waals surface area contributed by atoms with Gasteiger partial charge in [-0.15, -0.1) is 0 Å². The molecule has 0 aliphatic carbocycles. The zero-order valence-electron chi connectivity index (χ0n) is 10.8. The van der Waals surface area contributed by atoms with Gasteiger partial charge in [-0.3, -0.25) is 9.89 Å². The number of nitrogens with one attached hydrogen (secondary N) is 1. The Morgan fingerprint density at radius 2 is 2.26 bits per heavy atom. The number of nitrogens with two attached hydrogens (primary N) is 1. The van der Waals surface area contributed by atoms with E-state index in [1.165, 1.54) is 17.0 Å². The molecule has 0 saturated carbocycles. The number of carbonyl (C=O) groups excluding carboxylic acids is 1. The van der Waals surface area contributed by atoms with Gasteiger partial charge in [-0.25, -0.2) is 4.39 Å². The maximum Gasteiger partial charge on any atom is 0.280 e. The zero-order valence-corrected chi connectivity index (χ0v) is 10.8. The number of aromatic amines is 1. The SMILES string of the molecule is CCN(C(=O)c1n[nH]c(C)c1N)c1cccc(F)c1. The predicted molar refractivity (Wildman–Crippen MR) is 71.5 cm³/mol. The summed E-state index contributed by atoms with van der Waals surface area (Å²) in [5.41, 5.74) is 7.38. The van der Waals surface area contributed by atoms with Gasteiger partial charge in [0.05, 0.1) is 11.4 Å². The second-order valence-electron chi connectivity index (χ2n) is 4.14. The molecule has 2 rings (SSSR count). The fraction of sp³-hybridized carbons (Fsp3) is 0.231. The van der Waals surface area contributed by atoms with Crippen molar-refractivity contribution in [3.8, 4) is 0 Å². The van der Waals surface area contributed by atoms with Crippen LogP contribution < -0.4 is 10.6 Å². The molecule has 1 amide bonds. The van der Waals surface area contributed by atoms with Crippen molar-refractivity contribution in [1.29, 1.82) is 0 Å². The fourth-order valence-corrected chi connectivity index (χ4v) is 1.82. The van der Waals surface area contributed by atoms with Crippen molar-refractivity contribution < 1.29 is 9.18 Å². The van der Waals surface area contributed by atoms with Gasteiger partial charge in [-0.05, 0) is 32.0 Å². The Kier molecular flexibility index (Phi) is 3.50. The van der Waals surface area contributed by atoms with Crippen molar-refractivity contribution in [3.05, 3.63) is 41.5 Å². The summed E-state index contributed by atoms with van der Waals surface area (Å²) in [4.78, 5) is 13.8. The highest BCUT2D eigenvalue weighted by atomic mass is 19.1. The summed E-state index contributed by atoms with van der Waals surface area (Å²) in [6.07, 6.45) is 0. The minimum Gasteiger partial charge on any atom is -0.395 e. The third kappa shape index (κ3) is 2.42. The van der Waals surface area contributed by atoms with Gasteiger partial charge in [0.1, 0.15) is 5.82 Å². The summed E-state index contributed by atoms with van der Waals surface area (Å²) < 4.78 is 13.2. The molecule has 19 heavy (non-hydrogen) atoms. The summed E-state index contributed by atoms with van der Waals surface area (Å²) in [6.45, 7) is 3.93. The first kappa shape index (κ1) is 13.1. The van der Waals surface area contributed by atoms with Crippen LogP contribution in [0.1, 0.15) is 23.1 Å². The number of H-pyrrole nitrogens is 1. The van der Waals surface area contributed by atoms with Crippen molar-refractivity contribution in [2.24, 2.45) is 0 Å².